The molecule has 1 unspecified atom stereocenters. The van der Waals surface area contributed by atoms with E-state index in [4.69, 9.17) is 0 Å². The average Bonchev–Trinajstić information content (AvgIpc) is 2.34. The summed E-state index contributed by atoms with van der Waals surface area (Å²) in [5, 5.41) is 3.13. The Bertz CT molecular complexity index is 442. The van der Waals surface area contributed by atoms with Crippen LogP contribution < -0.4 is 5.32 Å². The number of nitrogens with zero attached hydrogens (tertiary/aromatic N) is 2. The van der Waals surface area contributed by atoms with Crippen molar-refractivity contribution in [2.45, 2.75) is 6.04 Å². The van der Waals surface area contributed by atoms with Crippen molar-refractivity contribution in [3.05, 3.63) is 59.9 Å². The minimum Gasteiger partial charge on any atom is -0.308 e. The quantitative estimate of drug-likeness (QED) is 0.853. The second-order valence-electron chi connectivity index (χ2n) is 3.41. The Hall–Kier alpha value is -1.81. The van der Waals surface area contributed by atoms with E-state index in [-0.39, 0.29) is 11.9 Å². The van der Waals surface area contributed by atoms with Crippen molar-refractivity contribution in [2.75, 3.05) is 7.05 Å². The molecule has 2 aromatic heterocycles. The first-order valence-corrected chi connectivity index (χ1v) is 5.00. The first-order chi connectivity index (χ1) is 7.81. The van der Waals surface area contributed by atoms with E-state index in [2.05, 4.69) is 15.3 Å². The molecule has 0 radical (unpaired) electrons. The maximum atomic E-state index is 12.8. The summed E-state index contributed by atoms with van der Waals surface area (Å²) in [6, 6.07) is 6.84. The highest BCUT2D eigenvalue weighted by Gasteiger charge is 2.12. The highest BCUT2D eigenvalue weighted by Crippen LogP contribution is 2.18. The smallest absolute Gasteiger partial charge is 0.141 e. The van der Waals surface area contributed by atoms with Gasteiger partial charge >= 0.3 is 0 Å². The van der Waals surface area contributed by atoms with E-state index in [0.29, 0.717) is 0 Å². The molecule has 0 saturated carbocycles. The zero-order valence-electron chi connectivity index (χ0n) is 8.89. The highest BCUT2D eigenvalue weighted by molar-refractivity contribution is 5.24. The van der Waals surface area contributed by atoms with E-state index in [1.165, 1.54) is 12.3 Å². The fourth-order valence-electron chi connectivity index (χ4n) is 1.59. The van der Waals surface area contributed by atoms with Crippen molar-refractivity contribution in [2.24, 2.45) is 0 Å². The van der Waals surface area contributed by atoms with Crippen LogP contribution in [0.3, 0.4) is 0 Å². The monoisotopic (exact) mass is 217 g/mol. The lowest BCUT2D eigenvalue weighted by Crippen LogP contribution is -2.18. The molecule has 0 amide bonds. The van der Waals surface area contributed by atoms with Crippen molar-refractivity contribution in [1.82, 2.24) is 15.3 Å². The number of aromatic nitrogens is 2. The molecule has 0 fully saturated rings. The summed E-state index contributed by atoms with van der Waals surface area (Å²) in [6.07, 6.45) is 4.70. The highest BCUT2D eigenvalue weighted by atomic mass is 19.1. The third-order valence-electron chi connectivity index (χ3n) is 2.35. The number of halogens is 1. The van der Waals surface area contributed by atoms with Crippen molar-refractivity contribution in [3.63, 3.8) is 0 Å². The first-order valence-electron chi connectivity index (χ1n) is 5.00. The van der Waals surface area contributed by atoms with Crippen LogP contribution >= 0.6 is 0 Å². The van der Waals surface area contributed by atoms with E-state index in [0.717, 1.165) is 11.3 Å². The van der Waals surface area contributed by atoms with Crippen LogP contribution in [-0.4, -0.2) is 17.0 Å². The Morgan fingerprint density at radius 2 is 2.12 bits per heavy atom. The van der Waals surface area contributed by atoms with Gasteiger partial charge in [-0.3, -0.25) is 9.97 Å². The summed E-state index contributed by atoms with van der Waals surface area (Å²) in [5.41, 5.74) is 1.78. The molecule has 4 heteroatoms. The normalized spacial score (nSPS) is 12.4. The fourth-order valence-corrected chi connectivity index (χ4v) is 1.59. The lowest BCUT2D eigenvalue weighted by molar-refractivity contribution is 0.609. The Labute approximate surface area is 93.4 Å². The summed E-state index contributed by atoms with van der Waals surface area (Å²) >= 11 is 0. The van der Waals surface area contributed by atoms with Gasteiger partial charge in [-0.1, -0.05) is 6.07 Å². The van der Waals surface area contributed by atoms with Gasteiger partial charge in [-0.05, 0) is 30.8 Å². The molecule has 0 aliphatic carbocycles. The molecule has 0 aliphatic rings. The zero-order chi connectivity index (χ0) is 11.4. The molecule has 3 nitrogen and oxygen atoms in total. The summed E-state index contributed by atoms with van der Waals surface area (Å²) in [5.74, 6) is -0.329. The second kappa shape index (κ2) is 4.81. The molecule has 16 heavy (non-hydrogen) atoms. The Kier molecular flexibility index (Phi) is 3.22. The van der Waals surface area contributed by atoms with Crippen molar-refractivity contribution in [1.29, 1.82) is 0 Å². The minimum atomic E-state index is -0.329. The van der Waals surface area contributed by atoms with Crippen LogP contribution in [-0.2, 0) is 0 Å². The minimum absolute atomic E-state index is 0.0608. The predicted octanol–water partition coefficient (Wildman–Crippen LogP) is 1.92. The third kappa shape index (κ3) is 2.23. The molecule has 0 aliphatic heterocycles. The van der Waals surface area contributed by atoms with Crippen LogP contribution in [0.4, 0.5) is 4.39 Å². The van der Waals surface area contributed by atoms with Crippen molar-refractivity contribution in [3.8, 4) is 0 Å². The summed E-state index contributed by atoms with van der Waals surface area (Å²) in [7, 11) is 1.84. The molecule has 2 heterocycles. The topological polar surface area (TPSA) is 37.8 Å². The van der Waals surface area contributed by atoms with E-state index >= 15 is 0 Å². The van der Waals surface area contributed by atoms with E-state index in [1.807, 2.05) is 19.2 Å². The number of hydrogen-bond donors (Lipinski definition) is 1. The molecular weight excluding hydrogens is 205 g/mol. The number of nitrogens with one attached hydrogen (secondary N) is 1. The molecule has 82 valence electrons. The van der Waals surface area contributed by atoms with Gasteiger partial charge in [0, 0.05) is 12.4 Å². The van der Waals surface area contributed by atoms with E-state index in [9.17, 15) is 4.39 Å². The van der Waals surface area contributed by atoms with Gasteiger partial charge in [-0.2, -0.15) is 0 Å². The summed E-state index contributed by atoms with van der Waals surface area (Å²) in [4.78, 5) is 8.12. The van der Waals surface area contributed by atoms with Gasteiger partial charge < -0.3 is 5.32 Å². The van der Waals surface area contributed by atoms with E-state index < -0.39 is 0 Å². The van der Waals surface area contributed by atoms with Gasteiger partial charge in [0.25, 0.3) is 0 Å². The largest absolute Gasteiger partial charge is 0.308 e. The molecule has 2 rings (SSSR count). The van der Waals surface area contributed by atoms with Gasteiger partial charge in [-0.25, -0.2) is 4.39 Å². The maximum Gasteiger partial charge on any atom is 0.141 e. The summed E-state index contributed by atoms with van der Waals surface area (Å²) < 4.78 is 12.8. The van der Waals surface area contributed by atoms with Crippen molar-refractivity contribution >= 4 is 0 Å². The number of hydrogen-bond acceptors (Lipinski definition) is 3. The molecule has 0 bridgehead atoms. The van der Waals surface area contributed by atoms with Crippen molar-refractivity contribution < 1.29 is 4.39 Å². The molecule has 2 aromatic rings. The van der Waals surface area contributed by atoms with Gasteiger partial charge in [0.15, 0.2) is 0 Å². The second-order valence-corrected chi connectivity index (χ2v) is 3.41. The zero-order valence-corrected chi connectivity index (χ0v) is 8.89. The van der Waals surface area contributed by atoms with Crippen LogP contribution in [0.15, 0.2) is 42.9 Å². The van der Waals surface area contributed by atoms with Gasteiger partial charge in [-0.15, -0.1) is 0 Å². The first kappa shape index (κ1) is 10.7. The van der Waals surface area contributed by atoms with Crippen LogP contribution in [0.2, 0.25) is 0 Å². The molecule has 1 atom stereocenters. The Morgan fingerprint density at radius 3 is 2.69 bits per heavy atom. The standard InChI is InChI=1S/C12H12FN3/c1-14-12(9-3-2-6-15-7-9)11-5-4-10(13)8-16-11/h2-8,12,14H,1H3. The SMILES string of the molecule is CNC(c1cccnc1)c1ccc(F)cn1. The van der Waals surface area contributed by atoms with Gasteiger partial charge in [0.2, 0.25) is 0 Å². The molecule has 0 saturated heterocycles. The average molecular weight is 217 g/mol. The van der Waals surface area contributed by atoms with E-state index in [1.54, 1.807) is 18.5 Å². The Morgan fingerprint density at radius 1 is 1.25 bits per heavy atom. The molecule has 1 N–H and O–H groups in total. The number of pyridine rings is 2. The Balaban J connectivity index is 2.33. The fraction of sp³-hybridized carbons (Fsp3) is 0.167. The predicted molar refractivity (Wildman–Crippen MR) is 59.3 cm³/mol. The molecule has 0 aromatic carbocycles. The molecule has 0 spiro atoms. The van der Waals surface area contributed by atoms with Crippen LogP contribution in [0.1, 0.15) is 17.3 Å². The van der Waals surface area contributed by atoms with Crippen LogP contribution in [0.25, 0.3) is 0 Å². The lowest BCUT2D eigenvalue weighted by atomic mass is 10.1. The number of rotatable bonds is 3. The lowest BCUT2D eigenvalue weighted by Gasteiger charge is -2.15. The molecular formula is C12H12FN3. The van der Waals surface area contributed by atoms with Crippen LogP contribution in [0.5, 0.6) is 0 Å². The summed E-state index contributed by atoms with van der Waals surface area (Å²) in [6.45, 7) is 0. The van der Waals surface area contributed by atoms with Gasteiger partial charge in [0.05, 0.1) is 17.9 Å². The van der Waals surface area contributed by atoms with Crippen LogP contribution in [0, 0.1) is 5.82 Å². The van der Waals surface area contributed by atoms with Gasteiger partial charge in [0.1, 0.15) is 5.82 Å². The third-order valence-corrected chi connectivity index (χ3v) is 2.35. The maximum absolute atomic E-state index is 12.8.